The van der Waals surface area contributed by atoms with E-state index in [4.69, 9.17) is 18.6 Å². The molecule has 0 aliphatic rings. The summed E-state index contributed by atoms with van der Waals surface area (Å²) in [6, 6.07) is 36.3. The highest BCUT2D eigenvalue weighted by atomic mass is 35.7. The van der Waals surface area contributed by atoms with E-state index in [0.29, 0.717) is 0 Å². The number of rotatable bonds is 3. The average molecular weight is 423 g/mol. The van der Waals surface area contributed by atoms with E-state index >= 15 is 0 Å². The van der Waals surface area contributed by atoms with Crippen molar-refractivity contribution in [1.29, 1.82) is 0 Å². The maximum Gasteiger partial charge on any atom is 0.213 e. The minimum absolute atomic E-state index is 1.21. The topological polar surface area (TPSA) is 93.3 Å². The molecule has 0 bridgehead atoms. The third-order valence-corrected chi connectivity index (χ3v) is 4.55. The number of aromatic nitrogens is 1. The minimum Gasteiger partial charge on any atom is -0.194 e. The van der Waals surface area contributed by atoms with E-state index in [2.05, 4.69) is 115 Å². The molecule has 0 unspecified atom stereocenters. The zero-order valence-electron chi connectivity index (χ0n) is 16.3. The second-order valence-electron chi connectivity index (χ2n) is 6.57. The van der Waals surface area contributed by atoms with Crippen molar-refractivity contribution < 1.29 is 33.4 Å². The molecular weight excluding hydrogens is 402 g/mol. The van der Waals surface area contributed by atoms with Crippen LogP contribution in [0, 0.1) is 10.2 Å². The Labute approximate surface area is 177 Å². The van der Waals surface area contributed by atoms with Crippen molar-refractivity contribution in [3.8, 4) is 33.6 Å². The van der Waals surface area contributed by atoms with Gasteiger partial charge in [-0.05, 0) is 35.4 Å². The summed E-state index contributed by atoms with van der Waals surface area (Å²) in [5.41, 5.74) is 7.33. The summed E-state index contributed by atoms with van der Waals surface area (Å²) in [6.07, 6.45) is 0. The van der Waals surface area contributed by atoms with Gasteiger partial charge in [0.25, 0.3) is 0 Å². The fraction of sp³-hybridized carbons (Fsp3) is 0.0417. The summed E-state index contributed by atoms with van der Waals surface area (Å²) in [4.78, 5) is 0. The molecule has 1 aromatic heterocycles. The predicted molar refractivity (Wildman–Crippen MR) is 106 cm³/mol. The molecule has 3 aromatic carbocycles. The first-order chi connectivity index (χ1) is 14.3. The maximum absolute atomic E-state index is 8.60. The second-order valence-corrected chi connectivity index (χ2v) is 7.36. The Kier molecular flexibility index (Phi) is 6.95. The van der Waals surface area contributed by atoms with Crippen LogP contribution in [-0.4, -0.2) is 4.66 Å². The van der Waals surface area contributed by atoms with Gasteiger partial charge in [-0.25, -0.2) is 0 Å². The number of hydrogen-bond donors (Lipinski definition) is 1. The monoisotopic (exact) mass is 422 g/mol. The van der Waals surface area contributed by atoms with Crippen molar-refractivity contribution in [1.82, 2.24) is 0 Å². The van der Waals surface area contributed by atoms with Crippen LogP contribution in [-0.2, 0) is 7.05 Å². The van der Waals surface area contributed by atoms with Crippen LogP contribution < -0.4 is 18.5 Å². The SMILES string of the molecule is C[n+]1c(-c2ccccc2)cc(-c2ccccc2)cc1-c1ccccc1.[O-][Cl+3]([O-])([O-])O. The van der Waals surface area contributed by atoms with Crippen LogP contribution in [0.25, 0.3) is 33.6 Å². The van der Waals surface area contributed by atoms with E-state index in [-0.39, 0.29) is 0 Å². The van der Waals surface area contributed by atoms with E-state index in [0.717, 1.165) is 0 Å². The molecule has 0 saturated heterocycles. The van der Waals surface area contributed by atoms with Crippen molar-refractivity contribution in [2.45, 2.75) is 0 Å². The Bertz CT molecular complexity index is 1020. The van der Waals surface area contributed by atoms with Gasteiger partial charge in [0.05, 0.1) is 14.9 Å². The minimum atomic E-state index is -4.69. The van der Waals surface area contributed by atoms with E-state index in [9.17, 15) is 0 Å². The lowest BCUT2D eigenvalue weighted by atomic mass is 9.99. The molecular formula is C24H21ClNO4+. The highest BCUT2D eigenvalue weighted by Crippen LogP contribution is 2.28. The third kappa shape index (κ3) is 5.97. The van der Waals surface area contributed by atoms with Gasteiger partial charge in [-0.3, -0.25) is 0 Å². The van der Waals surface area contributed by atoms with Crippen LogP contribution in [0.4, 0.5) is 0 Å². The maximum atomic E-state index is 8.60. The molecule has 0 aliphatic carbocycles. The van der Waals surface area contributed by atoms with E-state index in [1.165, 1.54) is 33.6 Å². The zero-order chi connectivity index (χ0) is 21.6. The molecule has 0 radical (unpaired) electrons. The van der Waals surface area contributed by atoms with Crippen LogP contribution in [0.2, 0.25) is 0 Å². The van der Waals surface area contributed by atoms with E-state index < -0.39 is 10.2 Å². The average Bonchev–Trinajstić information content (AvgIpc) is 2.75. The summed E-state index contributed by atoms with van der Waals surface area (Å²) in [6.45, 7) is 0. The van der Waals surface area contributed by atoms with Gasteiger partial charge in [0.15, 0.2) is 0 Å². The zero-order valence-corrected chi connectivity index (χ0v) is 17.1. The number of halogens is 1. The molecule has 152 valence electrons. The molecule has 0 spiro atoms. The number of nitrogens with zero attached hydrogens (tertiary/aromatic N) is 1. The highest BCUT2D eigenvalue weighted by Gasteiger charge is 2.19. The summed E-state index contributed by atoms with van der Waals surface area (Å²) in [7, 11) is -2.56. The first-order valence-corrected chi connectivity index (χ1v) is 10.4. The molecule has 0 atom stereocenters. The number of hydrogen-bond acceptors (Lipinski definition) is 4. The van der Waals surface area contributed by atoms with Gasteiger partial charge in [0.1, 0.15) is 7.05 Å². The Morgan fingerprint density at radius 3 is 1.20 bits per heavy atom. The number of benzene rings is 3. The van der Waals surface area contributed by atoms with Gasteiger partial charge in [-0.15, -0.1) is 0 Å². The molecule has 4 aromatic rings. The van der Waals surface area contributed by atoms with E-state index in [1.807, 2.05) is 0 Å². The Morgan fingerprint density at radius 2 is 0.867 bits per heavy atom. The van der Waals surface area contributed by atoms with Crippen molar-refractivity contribution in [3.05, 3.63) is 103 Å². The third-order valence-electron chi connectivity index (χ3n) is 4.55. The quantitative estimate of drug-likeness (QED) is 0.505. The van der Waals surface area contributed by atoms with Gasteiger partial charge in [-0.2, -0.15) is 18.5 Å². The summed E-state index contributed by atoms with van der Waals surface area (Å²) >= 11 is 0. The van der Waals surface area contributed by atoms with Crippen molar-refractivity contribution in [2.75, 3.05) is 0 Å². The van der Waals surface area contributed by atoms with Crippen LogP contribution in [0.3, 0.4) is 0 Å². The first-order valence-electron chi connectivity index (χ1n) is 9.16. The van der Waals surface area contributed by atoms with Gasteiger partial charge in [-0.1, -0.05) is 66.7 Å². The van der Waals surface area contributed by atoms with Gasteiger partial charge in [0, 0.05) is 23.3 Å². The van der Waals surface area contributed by atoms with Crippen molar-refractivity contribution >= 4 is 0 Å². The van der Waals surface area contributed by atoms with Gasteiger partial charge in [0.2, 0.25) is 11.4 Å². The highest BCUT2D eigenvalue weighted by molar-refractivity contribution is 5.73. The normalized spacial score (nSPS) is 10.8. The molecule has 1 N–H and O–H groups in total. The van der Waals surface area contributed by atoms with Crippen molar-refractivity contribution in [3.63, 3.8) is 0 Å². The summed E-state index contributed by atoms with van der Waals surface area (Å²) in [5, 5.41) is 0. The largest absolute Gasteiger partial charge is 0.213 e. The lowest BCUT2D eigenvalue weighted by Gasteiger charge is -2.10. The van der Waals surface area contributed by atoms with Gasteiger partial charge >= 0.3 is 0 Å². The van der Waals surface area contributed by atoms with Crippen LogP contribution >= 0.6 is 0 Å². The summed E-state index contributed by atoms with van der Waals surface area (Å²) < 4.78 is 35.0. The van der Waals surface area contributed by atoms with Crippen LogP contribution in [0.15, 0.2) is 103 Å². The lowest BCUT2D eigenvalue weighted by molar-refractivity contribution is -1.92. The standard InChI is InChI=1S/C24H20N.ClHO4/c1-25-23(20-13-7-3-8-14-20)17-22(19-11-5-2-6-12-19)18-24(25)21-15-9-4-10-16-21;2-1(3,4)5/h2-18H,1H3;(H,2,3,4,5)/q+1;. The first kappa shape index (κ1) is 21.6. The van der Waals surface area contributed by atoms with Gasteiger partial charge < -0.3 is 0 Å². The molecule has 0 saturated carbocycles. The Hall–Kier alpha value is -3.06. The summed E-state index contributed by atoms with van der Waals surface area (Å²) in [5.74, 6) is 0. The molecule has 0 fully saturated rings. The Morgan fingerprint density at radius 1 is 0.567 bits per heavy atom. The predicted octanol–water partition coefficient (Wildman–Crippen LogP) is 1.39. The van der Waals surface area contributed by atoms with E-state index in [1.54, 1.807) is 0 Å². The smallest absolute Gasteiger partial charge is 0.194 e. The number of pyridine rings is 1. The molecule has 0 aliphatic heterocycles. The molecule has 4 rings (SSSR count). The Balaban J connectivity index is 0.000000461. The molecule has 0 amide bonds. The molecule has 1 heterocycles. The van der Waals surface area contributed by atoms with Crippen LogP contribution in [0.1, 0.15) is 0 Å². The lowest BCUT2D eigenvalue weighted by Crippen LogP contribution is -2.58. The fourth-order valence-electron chi connectivity index (χ4n) is 3.23. The van der Waals surface area contributed by atoms with Crippen LogP contribution in [0.5, 0.6) is 0 Å². The second kappa shape index (κ2) is 9.63. The molecule has 5 nitrogen and oxygen atoms in total. The van der Waals surface area contributed by atoms with Crippen molar-refractivity contribution in [2.24, 2.45) is 7.05 Å². The molecule has 6 heteroatoms. The molecule has 30 heavy (non-hydrogen) atoms. The fourth-order valence-corrected chi connectivity index (χ4v) is 3.23.